The lowest BCUT2D eigenvalue weighted by Crippen LogP contribution is -1.96. The van der Waals surface area contributed by atoms with E-state index in [-0.39, 0.29) is 0 Å². The zero-order valence-electron chi connectivity index (χ0n) is 9.40. The Kier molecular flexibility index (Phi) is 2.93. The molecule has 0 unspecified atom stereocenters. The number of benzene rings is 2. The maximum atomic E-state index is 5.90. The molecule has 0 aliphatic carbocycles. The molecule has 0 radical (unpaired) electrons. The van der Waals surface area contributed by atoms with Gasteiger partial charge in [0.2, 0.25) is 0 Å². The summed E-state index contributed by atoms with van der Waals surface area (Å²) < 4.78 is 0. The Balaban J connectivity index is 2.46. The smallest absolute Gasteiger partial charge is 0.0349 e. The molecule has 0 atom stereocenters. The number of nitrogens with two attached hydrogens (primary N) is 2. The van der Waals surface area contributed by atoms with Crippen LogP contribution in [0.3, 0.4) is 0 Å². The fourth-order valence-corrected chi connectivity index (χ4v) is 1.70. The maximum Gasteiger partial charge on any atom is 0.0349 e. The zero-order chi connectivity index (χ0) is 11.5. The van der Waals surface area contributed by atoms with Crippen LogP contribution in [0.1, 0.15) is 11.1 Å². The van der Waals surface area contributed by atoms with Gasteiger partial charge in [0.15, 0.2) is 0 Å². The third-order valence-electron chi connectivity index (χ3n) is 2.78. The van der Waals surface area contributed by atoms with Crippen LogP contribution in [-0.2, 0) is 6.54 Å². The minimum atomic E-state index is 0.565. The summed E-state index contributed by atoms with van der Waals surface area (Å²) in [6.45, 7) is 2.57. The Morgan fingerprint density at radius 1 is 1.00 bits per heavy atom. The van der Waals surface area contributed by atoms with Gasteiger partial charge in [-0.25, -0.2) is 0 Å². The van der Waals surface area contributed by atoms with Gasteiger partial charge >= 0.3 is 0 Å². The van der Waals surface area contributed by atoms with Crippen molar-refractivity contribution < 1.29 is 0 Å². The average Bonchev–Trinajstić information content (AvgIpc) is 2.33. The minimum absolute atomic E-state index is 0.565. The molecule has 82 valence electrons. The van der Waals surface area contributed by atoms with Crippen molar-refractivity contribution in [3.63, 3.8) is 0 Å². The summed E-state index contributed by atoms with van der Waals surface area (Å²) in [5.74, 6) is 0. The molecule has 0 saturated heterocycles. The monoisotopic (exact) mass is 212 g/mol. The Hall–Kier alpha value is -1.80. The van der Waals surface area contributed by atoms with E-state index in [0.717, 1.165) is 27.9 Å². The van der Waals surface area contributed by atoms with E-state index >= 15 is 0 Å². The number of nitrogen functional groups attached to an aromatic ring is 1. The van der Waals surface area contributed by atoms with Crippen molar-refractivity contribution in [2.24, 2.45) is 5.73 Å². The fraction of sp³-hybridized carbons (Fsp3) is 0.143. The highest BCUT2D eigenvalue weighted by Gasteiger charge is 2.00. The van der Waals surface area contributed by atoms with E-state index in [1.54, 1.807) is 0 Å². The van der Waals surface area contributed by atoms with Crippen molar-refractivity contribution in [2.45, 2.75) is 13.5 Å². The van der Waals surface area contributed by atoms with Crippen LogP contribution in [0.2, 0.25) is 0 Å². The maximum absolute atomic E-state index is 5.90. The number of hydrogen-bond acceptors (Lipinski definition) is 2. The van der Waals surface area contributed by atoms with E-state index in [4.69, 9.17) is 11.5 Å². The molecule has 4 N–H and O–H groups in total. The van der Waals surface area contributed by atoms with Gasteiger partial charge in [-0.2, -0.15) is 0 Å². The lowest BCUT2D eigenvalue weighted by atomic mass is 10.0. The van der Waals surface area contributed by atoms with Crippen LogP contribution in [0.25, 0.3) is 11.1 Å². The van der Waals surface area contributed by atoms with Gasteiger partial charge in [-0.05, 0) is 41.3 Å². The Morgan fingerprint density at radius 2 is 1.75 bits per heavy atom. The van der Waals surface area contributed by atoms with Gasteiger partial charge in [0.05, 0.1) is 0 Å². The molecule has 0 aromatic heterocycles. The third-order valence-corrected chi connectivity index (χ3v) is 2.78. The highest BCUT2D eigenvalue weighted by atomic mass is 14.6. The van der Waals surface area contributed by atoms with E-state index in [1.807, 2.05) is 31.2 Å². The molecule has 2 heteroatoms. The molecule has 2 aromatic rings. The Bertz CT molecular complexity index is 504. The van der Waals surface area contributed by atoms with Crippen LogP contribution in [0.4, 0.5) is 5.69 Å². The molecule has 2 nitrogen and oxygen atoms in total. The molecular formula is C14H16N2. The van der Waals surface area contributed by atoms with Gasteiger partial charge in [0.25, 0.3) is 0 Å². The van der Waals surface area contributed by atoms with Gasteiger partial charge in [-0.1, -0.05) is 30.3 Å². The highest BCUT2D eigenvalue weighted by Crippen LogP contribution is 2.24. The molecule has 0 fully saturated rings. The summed E-state index contributed by atoms with van der Waals surface area (Å²) in [4.78, 5) is 0. The summed E-state index contributed by atoms with van der Waals surface area (Å²) >= 11 is 0. The van der Waals surface area contributed by atoms with E-state index in [1.165, 1.54) is 0 Å². The van der Waals surface area contributed by atoms with Gasteiger partial charge in [-0.3, -0.25) is 0 Å². The summed E-state index contributed by atoms with van der Waals surface area (Å²) in [5, 5.41) is 0. The van der Waals surface area contributed by atoms with Gasteiger partial charge < -0.3 is 11.5 Å². The van der Waals surface area contributed by atoms with Crippen molar-refractivity contribution in [2.75, 3.05) is 5.73 Å². The number of rotatable bonds is 2. The van der Waals surface area contributed by atoms with Crippen LogP contribution in [0, 0.1) is 6.92 Å². The molecule has 0 spiro atoms. The van der Waals surface area contributed by atoms with E-state index in [0.29, 0.717) is 6.54 Å². The second kappa shape index (κ2) is 4.37. The number of hydrogen-bond donors (Lipinski definition) is 2. The van der Waals surface area contributed by atoms with Gasteiger partial charge in [0, 0.05) is 12.2 Å². The van der Waals surface area contributed by atoms with E-state index in [9.17, 15) is 0 Å². The van der Waals surface area contributed by atoms with Gasteiger partial charge in [0.1, 0.15) is 0 Å². The first kappa shape index (κ1) is 10.7. The molecule has 0 heterocycles. The predicted octanol–water partition coefficient (Wildman–Crippen LogP) is 2.70. The molecule has 2 aromatic carbocycles. The molecule has 0 aliphatic rings. The summed E-state index contributed by atoms with van der Waals surface area (Å²) in [5.41, 5.74) is 16.9. The Labute approximate surface area is 95.9 Å². The first-order valence-corrected chi connectivity index (χ1v) is 5.36. The quantitative estimate of drug-likeness (QED) is 0.752. The van der Waals surface area contributed by atoms with E-state index < -0.39 is 0 Å². The van der Waals surface area contributed by atoms with Crippen molar-refractivity contribution in [1.29, 1.82) is 0 Å². The van der Waals surface area contributed by atoms with Crippen LogP contribution in [0.15, 0.2) is 42.5 Å². The van der Waals surface area contributed by atoms with Crippen molar-refractivity contribution in [3.8, 4) is 11.1 Å². The minimum Gasteiger partial charge on any atom is -0.398 e. The van der Waals surface area contributed by atoms with Crippen LogP contribution in [0.5, 0.6) is 0 Å². The standard InChI is InChI=1S/C14H16N2/c1-10-5-6-13(8-14(10)16)12-4-2-3-11(7-12)9-15/h2-8H,9,15-16H2,1H3. The fourth-order valence-electron chi connectivity index (χ4n) is 1.70. The normalized spacial score (nSPS) is 10.4. The van der Waals surface area contributed by atoms with Crippen molar-refractivity contribution >= 4 is 5.69 Å². The predicted molar refractivity (Wildman–Crippen MR) is 68.9 cm³/mol. The van der Waals surface area contributed by atoms with Crippen molar-refractivity contribution in [3.05, 3.63) is 53.6 Å². The Morgan fingerprint density at radius 3 is 2.44 bits per heavy atom. The highest BCUT2D eigenvalue weighted by molar-refractivity contribution is 5.69. The molecule has 0 bridgehead atoms. The topological polar surface area (TPSA) is 52.0 Å². The SMILES string of the molecule is Cc1ccc(-c2cccc(CN)c2)cc1N. The largest absolute Gasteiger partial charge is 0.398 e. The molecule has 0 saturated carbocycles. The second-order valence-corrected chi connectivity index (χ2v) is 3.98. The lowest BCUT2D eigenvalue weighted by Gasteiger charge is -2.06. The molecular weight excluding hydrogens is 196 g/mol. The van der Waals surface area contributed by atoms with Crippen LogP contribution < -0.4 is 11.5 Å². The molecule has 16 heavy (non-hydrogen) atoms. The number of aryl methyl sites for hydroxylation is 1. The van der Waals surface area contributed by atoms with E-state index in [2.05, 4.69) is 18.2 Å². The first-order valence-electron chi connectivity index (χ1n) is 5.36. The van der Waals surface area contributed by atoms with Crippen LogP contribution in [-0.4, -0.2) is 0 Å². The molecule has 0 amide bonds. The molecule has 0 aliphatic heterocycles. The van der Waals surface area contributed by atoms with Crippen molar-refractivity contribution in [1.82, 2.24) is 0 Å². The summed E-state index contributed by atoms with van der Waals surface area (Å²) in [6.07, 6.45) is 0. The average molecular weight is 212 g/mol. The lowest BCUT2D eigenvalue weighted by molar-refractivity contribution is 1.07. The summed E-state index contributed by atoms with van der Waals surface area (Å²) in [6, 6.07) is 14.4. The third kappa shape index (κ3) is 2.07. The summed E-state index contributed by atoms with van der Waals surface area (Å²) in [7, 11) is 0. The zero-order valence-corrected chi connectivity index (χ0v) is 9.40. The number of anilines is 1. The molecule has 2 rings (SSSR count). The van der Waals surface area contributed by atoms with Crippen LogP contribution >= 0.6 is 0 Å². The first-order chi connectivity index (χ1) is 7.70. The van der Waals surface area contributed by atoms with Gasteiger partial charge in [-0.15, -0.1) is 0 Å². The second-order valence-electron chi connectivity index (χ2n) is 3.98.